The van der Waals surface area contributed by atoms with Crippen molar-refractivity contribution in [2.45, 2.75) is 26.4 Å². The van der Waals surface area contributed by atoms with Crippen molar-refractivity contribution in [3.05, 3.63) is 24.4 Å². The molecule has 7 nitrogen and oxygen atoms in total. The second-order valence-corrected chi connectivity index (χ2v) is 5.68. The zero-order valence-electron chi connectivity index (χ0n) is 13.7. The Morgan fingerprint density at radius 2 is 2.00 bits per heavy atom. The Bertz CT molecular complexity index is 513. The number of carbonyl (C=O) groups is 2. The van der Waals surface area contributed by atoms with Gasteiger partial charge in [-0.3, -0.25) is 4.79 Å². The predicted octanol–water partition coefficient (Wildman–Crippen LogP) is 1.25. The van der Waals surface area contributed by atoms with Gasteiger partial charge >= 0.3 is 12.0 Å². The van der Waals surface area contributed by atoms with E-state index in [2.05, 4.69) is 15.2 Å². The zero-order chi connectivity index (χ0) is 16.7. The summed E-state index contributed by atoms with van der Waals surface area (Å²) in [6.45, 7) is 6.68. The van der Waals surface area contributed by atoms with Gasteiger partial charge in [0.25, 0.3) is 0 Å². The number of amides is 2. The van der Waals surface area contributed by atoms with Crippen LogP contribution in [0.3, 0.4) is 0 Å². The summed E-state index contributed by atoms with van der Waals surface area (Å²) < 4.78 is 5.02. The molecule has 1 saturated heterocycles. The van der Waals surface area contributed by atoms with Crippen molar-refractivity contribution in [3.8, 4) is 0 Å². The van der Waals surface area contributed by atoms with Crippen LogP contribution in [0.15, 0.2) is 24.4 Å². The van der Waals surface area contributed by atoms with Crippen molar-refractivity contribution >= 4 is 17.8 Å². The van der Waals surface area contributed by atoms with Gasteiger partial charge in [0.15, 0.2) is 0 Å². The maximum absolute atomic E-state index is 12.1. The molecule has 7 heteroatoms. The maximum Gasteiger partial charge on any atom is 0.317 e. The quantitative estimate of drug-likeness (QED) is 0.827. The van der Waals surface area contributed by atoms with Crippen molar-refractivity contribution < 1.29 is 14.3 Å². The number of rotatable bonds is 5. The molecule has 2 rings (SSSR count). The van der Waals surface area contributed by atoms with Gasteiger partial charge < -0.3 is 19.9 Å². The Kier molecular flexibility index (Phi) is 6.19. The highest BCUT2D eigenvalue weighted by Crippen LogP contribution is 2.12. The molecule has 0 spiro atoms. The number of anilines is 1. The molecule has 1 N–H and O–H groups in total. The van der Waals surface area contributed by atoms with Crippen LogP contribution in [-0.2, 0) is 9.53 Å². The lowest BCUT2D eigenvalue weighted by Crippen LogP contribution is -2.52. The molecule has 1 aromatic rings. The van der Waals surface area contributed by atoms with E-state index < -0.39 is 0 Å². The SMILES string of the molecule is CC(C)OC(=O)CCNC(=O)N1CCN(c2ccccn2)CC1. The average molecular weight is 320 g/mol. The largest absolute Gasteiger partial charge is 0.463 e. The minimum Gasteiger partial charge on any atom is -0.463 e. The summed E-state index contributed by atoms with van der Waals surface area (Å²) in [6, 6.07) is 5.67. The summed E-state index contributed by atoms with van der Waals surface area (Å²) in [7, 11) is 0. The van der Waals surface area contributed by atoms with Crippen LogP contribution in [0.4, 0.5) is 10.6 Å². The van der Waals surface area contributed by atoms with Crippen LogP contribution in [-0.4, -0.2) is 60.7 Å². The van der Waals surface area contributed by atoms with Crippen LogP contribution in [0.1, 0.15) is 20.3 Å². The number of piperazine rings is 1. The van der Waals surface area contributed by atoms with Gasteiger partial charge in [-0.2, -0.15) is 0 Å². The summed E-state index contributed by atoms with van der Waals surface area (Å²) in [4.78, 5) is 31.7. The Morgan fingerprint density at radius 1 is 1.26 bits per heavy atom. The van der Waals surface area contributed by atoms with E-state index >= 15 is 0 Å². The number of urea groups is 1. The molecule has 2 heterocycles. The molecule has 0 unspecified atom stereocenters. The van der Waals surface area contributed by atoms with E-state index in [-0.39, 0.29) is 24.5 Å². The lowest BCUT2D eigenvalue weighted by Gasteiger charge is -2.35. The van der Waals surface area contributed by atoms with Gasteiger partial charge in [-0.25, -0.2) is 9.78 Å². The number of ether oxygens (including phenoxy) is 1. The molecule has 23 heavy (non-hydrogen) atoms. The van der Waals surface area contributed by atoms with E-state index in [9.17, 15) is 9.59 Å². The van der Waals surface area contributed by atoms with Gasteiger partial charge in [-0.05, 0) is 26.0 Å². The van der Waals surface area contributed by atoms with Crippen molar-refractivity contribution in [2.75, 3.05) is 37.6 Å². The fraction of sp³-hybridized carbons (Fsp3) is 0.562. The number of nitrogens with zero attached hydrogens (tertiary/aromatic N) is 3. The minimum absolute atomic E-state index is 0.127. The van der Waals surface area contributed by atoms with Gasteiger partial charge in [-0.15, -0.1) is 0 Å². The van der Waals surface area contributed by atoms with Crippen LogP contribution in [0.5, 0.6) is 0 Å². The van der Waals surface area contributed by atoms with Gasteiger partial charge in [-0.1, -0.05) is 6.07 Å². The van der Waals surface area contributed by atoms with Crippen LogP contribution in [0.25, 0.3) is 0 Å². The van der Waals surface area contributed by atoms with Crippen LogP contribution in [0, 0.1) is 0 Å². The average Bonchev–Trinajstić information content (AvgIpc) is 2.55. The highest BCUT2D eigenvalue weighted by molar-refractivity contribution is 5.76. The lowest BCUT2D eigenvalue weighted by atomic mass is 10.3. The first-order chi connectivity index (χ1) is 11.1. The number of hydrogen-bond acceptors (Lipinski definition) is 5. The van der Waals surface area contributed by atoms with E-state index in [1.165, 1.54) is 0 Å². The minimum atomic E-state index is -0.291. The molecule has 0 atom stereocenters. The predicted molar refractivity (Wildman–Crippen MR) is 87.3 cm³/mol. The number of pyridine rings is 1. The molecule has 1 fully saturated rings. The van der Waals surface area contributed by atoms with E-state index in [4.69, 9.17) is 4.74 Å². The van der Waals surface area contributed by atoms with Gasteiger partial charge in [0, 0.05) is 38.9 Å². The fourth-order valence-corrected chi connectivity index (χ4v) is 2.38. The molecular formula is C16H24N4O3. The third kappa shape index (κ3) is 5.43. The Labute approximate surface area is 136 Å². The monoisotopic (exact) mass is 320 g/mol. The van der Waals surface area contributed by atoms with Crippen molar-refractivity contribution in [2.24, 2.45) is 0 Å². The maximum atomic E-state index is 12.1. The standard InChI is InChI=1S/C16H24N4O3/c1-13(2)23-15(21)6-8-18-16(22)20-11-9-19(10-12-20)14-5-3-4-7-17-14/h3-5,7,13H,6,8-12H2,1-2H3,(H,18,22). The molecular weight excluding hydrogens is 296 g/mol. The van der Waals surface area contributed by atoms with E-state index in [1.807, 2.05) is 18.2 Å². The lowest BCUT2D eigenvalue weighted by molar-refractivity contribution is -0.147. The normalized spacial score (nSPS) is 14.7. The molecule has 0 saturated carbocycles. The molecule has 1 aliphatic rings. The third-order valence-electron chi connectivity index (χ3n) is 3.51. The van der Waals surface area contributed by atoms with Crippen molar-refractivity contribution in [3.63, 3.8) is 0 Å². The molecule has 0 aliphatic carbocycles. The smallest absolute Gasteiger partial charge is 0.317 e. The van der Waals surface area contributed by atoms with E-state index in [0.717, 1.165) is 18.9 Å². The molecule has 0 radical (unpaired) electrons. The summed E-state index contributed by atoms with van der Waals surface area (Å²) in [5, 5.41) is 2.76. The van der Waals surface area contributed by atoms with Crippen molar-refractivity contribution in [1.82, 2.24) is 15.2 Å². The number of nitrogens with one attached hydrogen (secondary N) is 1. The summed E-state index contributed by atoms with van der Waals surface area (Å²) in [6.07, 6.45) is 1.83. The second-order valence-electron chi connectivity index (χ2n) is 5.68. The van der Waals surface area contributed by atoms with Gasteiger partial charge in [0.2, 0.25) is 0 Å². The van der Waals surface area contributed by atoms with Gasteiger partial charge in [0.05, 0.1) is 12.5 Å². The topological polar surface area (TPSA) is 74.8 Å². The number of carbonyl (C=O) groups excluding carboxylic acids is 2. The molecule has 2 amide bonds. The highest BCUT2D eigenvalue weighted by atomic mass is 16.5. The van der Waals surface area contributed by atoms with Crippen LogP contribution >= 0.6 is 0 Å². The first kappa shape index (κ1) is 17.1. The third-order valence-corrected chi connectivity index (χ3v) is 3.51. The van der Waals surface area contributed by atoms with Gasteiger partial charge in [0.1, 0.15) is 5.82 Å². The first-order valence-electron chi connectivity index (χ1n) is 7.94. The second kappa shape index (κ2) is 8.36. The number of esters is 1. The van der Waals surface area contributed by atoms with E-state index in [0.29, 0.717) is 19.6 Å². The Hall–Kier alpha value is -2.31. The zero-order valence-corrected chi connectivity index (χ0v) is 13.7. The molecule has 126 valence electrons. The Balaban J connectivity index is 1.68. The molecule has 1 aromatic heterocycles. The summed E-state index contributed by atoms with van der Waals surface area (Å²) >= 11 is 0. The molecule has 0 bridgehead atoms. The summed E-state index contributed by atoms with van der Waals surface area (Å²) in [5.74, 6) is 0.643. The highest BCUT2D eigenvalue weighted by Gasteiger charge is 2.21. The number of hydrogen-bond donors (Lipinski definition) is 1. The molecule has 1 aliphatic heterocycles. The Morgan fingerprint density at radius 3 is 2.61 bits per heavy atom. The van der Waals surface area contributed by atoms with Crippen LogP contribution < -0.4 is 10.2 Å². The first-order valence-corrected chi connectivity index (χ1v) is 7.94. The number of aromatic nitrogens is 1. The van der Waals surface area contributed by atoms with Crippen LogP contribution in [0.2, 0.25) is 0 Å². The molecule has 0 aromatic carbocycles. The van der Waals surface area contributed by atoms with Crippen molar-refractivity contribution in [1.29, 1.82) is 0 Å². The van der Waals surface area contributed by atoms with E-state index in [1.54, 1.807) is 24.9 Å². The summed E-state index contributed by atoms with van der Waals surface area (Å²) in [5.41, 5.74) is 0. The fourth-order valence-electron chi connectivity index (χ4n) is 2.38.